The van der Waals surface area contributed by atoms with Crippen LogP contribution < -0.4 is 14.2 Å². The van der Waals surface area contributed by atoms with E-state index in [4.69, 9.17) is 9.47 Å². The zero-order valence-corrected chi connectivity index (χ0v) is 16.3. The number of sulfonamides is 1. The topological polar surface area (TPSA) is 84.9 Å². The molecule has 0 spiro atoms. The number of carbonyl (C=O) groups is 1. The van der Waals surface area contributed by atoms with E-state index in [0.717, 1.165) is 43.7 Å². The van der Waals surface area contributed by atoms with Crippen LogP contribution in [0.4, 0.5) is 5.69 Å². The molecule has 0 radical (unpaired) electrons. The molecule has 27 heavy (non-hydrogen) atoms. The number of piperidine rings is 1. The molecule has 1 fully saturated rings. The number of nitrogens with zero attached hydrogens (tertiary/aromatic N) is 1. The van der Waals surface area contributed by atoms with E-state index < -0.39 is 10.0 Å². The summed E-state index contributed by atoms with van der Waals surface area (Å²) in [5, 5.41) is 1.61. The number of rotatable bonds is 4. The summed E-state index contributed by atoms with van der Waals surface area (Å²) in [4.78, 5) is 14.3. The number of anilines is 1. The molecule has 1 saturated heterocycles. The largest absolute Gasteiger partial charge is 0.486 e. The minimum Gasteiger partial charge on any atom is -0.486 e. The monoisotopic (exact) mass is 408 g/mol. The normalized spacial score (nSPS) is 16.8. The van der Waals surface area contributed by atoms with Crippen LogP contribution in [0.25, 0.3) is 0 Å². The Bertz CT molecular complexity index is 948. The molecular formula is C18H20N2O5S2. The van der Waals surface area contributed by atoms with Crippen LogP contribution in [-0.2, 0) is 10.0 Å². The molecule has 2 aromatic rings. The molecule has 0 aliphatic carbocycles. The van der Waals surface area contributed by atoms with Gasteiger partial charge in [0.25, 0.3) is 15.9 Å². The van der Waals surface area contributed by atoms with Crippen LogP contribution in [0.2, 0.25) is 0 Å². The predicted octanol–water partition coefficient (Wildman–Crippen LogP) is 2.95. The summed E-state index contributed by atoms with van der Waals surface area (Å²) in [6.45, 7) is 2.36. The van der Waals surface area contributed by atoms with E-state index in [-0.39, 0.29) is 10.1 Å². The molecule has 0 atom stereocenters. The van der Waals surface area contributed by atoms with Gasteiger partial charge >= 0.3 is 0 Å². The van der Waals surface area contributed by atoms with Crippen LogP contribution in [0.5, 0.6) is 11.5 Å². The number of hydrogen-bond donors (Lipinski definition) is 1. The number of likely N-dealkylation sites (tertiary alicyclic amines) is 1. The van der Waals surface area contributed by atoms with Gasteiger partial charge in [0.15, 0.2) is 11.5 Å². The van der Waals surface area contributed by atoms with Gasteiger partial charge in [0.1, 0.15) is 17.4 Å². The van der Waals surface area contributed by atoms with E-state index in [1.165, 1.54) is 6.07 Å². The fourth-order valence-electron chi connectivity index (χ4n) is 3.16. The van der Waals surface area contributed by atoms with Crippen LogP contribution in [0.15, 0.2) is 33.9 Å². The van der Waals surface area contributed by atoms with Crippen molar-refractivity contribution in [1.82, 2.24) is 4.90 Å². The second-order valence-electron chi connectivity index (χ2n) is 6.47. The van der Waals surface area contributed by atoms with Gasteiger partial charge in [-0.05, 0) is 37.5 Å². The Morgan fingerprint density at radius 2 is 1.78 bits per heavy atom. The highest BCUT2D eigenvalue weighted by molar-refractivity contribution is 7.94. The molecular weight excluding hydrogens is 388 g/mol. The smallest absolute Gasteiger partial charge is 0.271 e. The third kappa shape index (κ3) is 3.89. The zero-order valence-electron chi connectivity index (χ0n) is 14.6. The average Bonchev–Trinajstić information content (AvgIpc) is 3.19. The number of hydrogen-bond acceptors (Lipinski definition) is 6. The van der Waals surface area contributed by atoms with Gasteiger partial charge in [0.2, 0.25) is 0 Å². The van der Waals surface area contributed by atoms with Crippen LogP contribution in [-0.4, -0.2) is 45.5 Å². The molecule has 1 amide bonds. The number of amides is 1. The number of carbonyl (C=O) groups excluding carboxylic acids is 1. The fraction of sp³-hybridized carbons (Fsp3) is 0.389. The van der Waals surface area contributed by atoms with Crippen molar-refractivity contribution >= 4 is 33.0 Å². The summed E-state index contributed by atoms with van der Waals surface area (Å²) >= 11 is 1.04. The van der Waals surface area contributed by atoms with Gasteiger partial charge in [-0.15, -0.1) is 11.3 Å². The molecule has 4 rings (SSSR count). The van der Waals surface area contributed by atoms with E-state index >= 15 is 0 Å². The lowest BCUT2D eigenvalue weighted by atomic mass is 10.1. The number of thiophene rings is 1. The maximum Gasteiger partial charge on any atom is 0.271 e. The van der Waals surface area contributed by atoms with E-state index in [1.54, 1.807) is 28.5 Å². The van der Waals surface area contributed by atoms with Gasteiger partial charge in [0, 0.05) is 24.5 Å². The second kappa shape index (κ2) is 7.40. The number of nitrogens with one attached hydrogen (secondary N) is 1. The predicted molar refractivity (Wildman–Crippen MR) is 102 cm³/mol. The number of fused-ring (bicyclic) bond motifs is 1. The first kappa shape index (κ1) is 18.1. The quantitative estimate of drug-likeness (QED) is 0.841. The third-order valence-corrected chi connectivity index (χ3v) is 7.35. The first-order chi connectivity index (χ1) is 13.0. The molecule has 0 unspecified atom stereocenters. The Morgan fingerprint density at radius 3 is 2.56 bits per heavy atom. The van der Waals surface area contributed by atoms with E-state index in [0.29, 0.717) is 36.0 Å². The molecule has 1 aromatic heterocycles. The van der Waals surface area contributed by atoms with Crippen molar-refractivity contribution < 1.29 is 22.7 Å². The van der Waals surface area contributed by atoms with Crippen molar-refractivity contribution in [2.75, 3.05) is 31.0 Å². The third-order valence-electron chi connectivity index (χ3n) is 4.52. The molecule has 1 aromatic carbocycles. The van der Waals surface area contributed by atoms with Crippen molar-refractivity contribution in [3.8, 4) is 11.5 Å². The Kier molecular flexibility index (Phi) is 4.96. The first-order valence-corrected chi connectivity index (χ1v) is 11.2. The summed E-state index contributed by atoms with van der Waals surface area (Å²) in [7, 11) is -3.78. The van der Waals surface area contributed by atoms with Crippen LogP contribution >= 0.6 is 11.3 Å². The summed E-state index contributed by atoms with van der Waals surface area (Å²) in [5.74, 6) is 0.995. The van der Waals surface area contributed by atoms with Crippen molar-refractivity contribution in [3.63, 3.8) is 0 Å². The van der Waals surface area contributed by atoms with Gasteiger partial charge in [0.05, 0.1) is 11.3 Å². The minimum atomic E-state index is -3.78. The van der Waals surface area contributed by atoms with E-state index in [2.05, 4.69) is 4.72 Å². The van der Waals surface area contributed by atoms with Gasteiger partial charge in [-0.25, -0.2) is 8.42 Å². The summed E-state index contributed by atoms with van der Waals surface area (Å²) in [6, 6.07) is 6.34. The summed E-state index contributed by atoms with van der Waals surface area (Å²) < 4.78 is 38.9. The molecule has 144 valence electrons. The molecule has 0 saturated carbocycles. The van der Waals surface area contributed by atoms with Crippen molar-refractivity contribution in [1.29, 1.82) is 0 Å². The van der Waals surface area contributed by atoms with Crippen LogP contribution in [0.3, 0.4) is 0 Å². The Morgan fingerprint density at radius 1 is 1.04 bits per heavy atom. The lowest BCUT2D eigenvalue weighted by Crippen LogP contribution is -2.35. The Hall–Kier alpha value is -2.26. The molecule has 1 N–H and O–H groups in total. The summed E-state index contributed by atoms with van der Waals surface area (Å²) in [5.41, 5.74) is 0.806. The molecule has 3 heterocycles. The first-order valence-electron chi connectivity index (χ1n) is 8.83. The molecule has 2 aliphatic heterocycles. The highest BCUT2D eigenvalue weighted by atomic mass is 32.2. The fourth-order valence-corrected chi connectivity index (χ4v) is 5.36. The zero-order chi connectivity index (χ0) is 18.9. The average molecular weight is 409 g/mol. The van der Waals surface area contributed by atoms with Crippen molar-refractivity contribution in [3.05, 3.63) is 35.2 Å². The van der Waals surface area contributed by atoms with Gasteiger partial charge in [-0.1, -0.05) is 0 Å². The maximum atomic E-state index is 12.7. The highest BCUT2D eigenvalue weighted by Crippen LogP contribution is 2.34. The van der Waals surface area contributed by atoms with E-state index in [9.17, 15) is 13.2 Å². The van der Waals surface area contributed by atoms with Crippen molar-refractivity contribution in [2.24, 2.45) is 0 Å². The SMILES string of the molecule is O=C(c1csc(S(=O)(=O)Nc2ccc3c(c2)OCCO3)c1)N1CCCCC1. The van der Waals surface area contributed by atoms with Gasteiger partial charge in [-0.2, -0.15) is 0 Å². The Labute approximate surface area is 161 Å². The lowest BCUT2D eigenvalue weighted by molar-refractivity contribution is 0.0725. The standard InChI is InChI=1S/C18H20N2O5S2/c21-18(20-6-2-1-3-7-20)13-10-17(26-12-13)27(22,23)19-14-4-5-15-16(11-14)25-9-8-24-15/h4-5,10-12,19H,1-3,6-9H2. The van der Waals surface area contributed by atoms with Crippen molar-refractivity contribution in [2.45, 2.75) is 23.5 Å². The van der Waals surface area contributed by atoms with Gasteiger partial charge in [-0.3, -0.25) is 9.52 Å². The lowest BCUT2D eigenvalue weighted by Gasteiger charge is -2.26. The molecule has 2 aliphatic rings. The van der Waals surface area contributed by atoms with Crippen LogP contribution in [0.1, 0.15) is 29.6 Å². The maximum absolute atomic E-state index is 12.7. The second-order valence-corrected chi connectivity index (χ2v) is 9.29. The summed E-state index contributed by atoms with van der Waals surface area (Å²) in [6.07, 6.45) is 3.12. The van der Waals surface area contributed by atoms with Gasteiger partial charge < -0.3 is 14.4 Å². The van der Waals surface area contributed by atoms with E-state index in [1.807, 2.05) is 0 Å². The highest BCUT2D eigenvalue weighted by Gasteiger charge is 2.24. The molecule has 9 heteroatoms. The number of ether oxygens (including phenoxy) is 2. The molecule has 7 nitrogen and oxygen atoms in total. The minimum absolute atomic E-state index is 0.105. The van der Waals surface area contributed by atoms with Crippen LogP contribution in [0, 0.1) is 0 Å². The number of benzene rings is 1. The Balaban J connectivity index is 1.51. The molecule has 0 bridgehead atoms.